The molecule has 2 rings (SSSR count). The Balaban J connectivity index is 1.85. The molecule has 2 aromatic carbocycles. The third kappa shape index (κ3) is 7.65. The van der Waals surface area contributed by atoms with Crippen molar-refractivity contribution in [1.82, 2.24) is 10.2 Å². The van der Waals surface area contributed by atoms with Crippen LogP contribution in [0.4, 0.5) is 13.2 Å². The first-order valence-electron chi connectivity index (χ1n) is 9.11. The minimum Gasteiger partial charge on any atom is -0.497 e. The molecule has 0 heterocycles. The number of ether oxygens (including phenoxy) is 2. The Morgan fingerprint density at radius 2 is 1.79 bits per heavy atom. The molecule has 5 nitrogen and oxygen atoms in total. The Morgan fingerprint density at radius 1 is 1.14 bits per heavy atom. The van der Waals surface area contributed by atoms with Crippen LogP contribution in [0.3, 0.4) is 0 Å². The van der Waals surface area contributed by atoms with Gasteiger partial charge >= 0.3 is 6.36 Å². The van der Waals surface area contributed by atoms with Gasteiger partial charge < -0.3 is 14.8 Å². The monoisotopic (exact) mass is 410 g/mol. The minimum atomic E-state index is -4.78. The number of hydrogen-bond donors (Lipinski definition) is 1. The van der Waals surface area contributed by atoms with E-state index in [0.29, 0.717) is 0 Å². The van der Waals surface area contributed by atoms with Gasteiger partial charge in [0.1, 0.15) is 11.5 Å². The molecule has 1 amide bonds. The molecular weight excluding hydrogens is 385 g/mol. The number of likely N-dealkylation sites (N-methyl/N-ethyl adjacent to an activating group) is 1. The van der Waals surface area contributed by atoms with E-state index in [1.807, 2.05) is 43.1 Å². The number of nitrogens with one attached hydrogen (secondary N) is 1. The van der Waals surface area contributed by atoms with E-state index >= 15 is 0 Å². The molecule has 1 N–H and O–H groups in total. The highest BCUT2D eigenvalue weighted by atomic mass is 19.4. The fraction of sp³-hybridized carbons (Fsp3) is 0.381. The number of rotatable bonds is 9. The Labute approximate surface area is 168 Å². The summed E-state index contributed by atoms with van der Waals surface area (Å²) in [6, 6.07) is 13.5. The first-order valence-corrected chi connectivity index (χ1v) is 9.11. The Bertz CT molecular complexity index is 795. The maximum Gasteiger partial charge on any atom is 0.573 e. The summed E-state index contributed by atoms with van der Waals surface area (Å²) in [4.78, 5) is 14.1. The van der Waals surface area contributed by atoms with Gasteiger partial charge in [0.2, 0.25) is 5.91 Å². The molecule has 8 heteroatoms. The molecule has 2 aromatic rings. The van der Waals surface area contributed by atoms with Gasteiger partial charge in [-0.05, 0) is 44.2 Å². The zero-order chi connectivity index (χ0) is 21.4. The first-order chi connectivity index (χ1) is 13.7. The second-order valence-corrected chi connectivity index (χ2v) is 6.75. The third-order valence-corrected chi connectivity index (χ3v) is 4.51. The van der Waals surface area contributed by atoms with E-state index in [9.17, 15) is 18.0 Å². The van der Waals surface area contributed by atoms with Crippen LogP contribution in [-0.4, -0.2) is 43.9 Å². The lowest BCUT2D eigenvalue weighted by Crippen LogP contribution is -2.40. The SMILES string of the molecule is COc1ccc(CC(C)N(C)CC(=O)NCc2ccccc2OC(F)(F)F)cc1. The molecule has 0 saturated heterocycles. The van der Waals surface area contributed by atoms with Crippen LogP contribution < -0.4 is 14.8 Å². The van der Waals surface area contributed by atoms with Crippen molar-refractivity contribution in [2.45, 2.75) is 32.3 Å². The number of benzene rings is 2. The van der Waals surface area contributed by atoms with E-state index in [2.05, 4.69) is 10.1 Å². The molecule has 0 saturated carbocycles. The molecule has 0 bridgehead atoms. The number of carbonyl (C=O) groups is 1. The summed E-state index contributed by atoms with van der Waals surface area (Å²) in [6.07, 6.45) is -4.03. The van der Waals surface area contributed by atoms with Gasteiger partial charge in [-0.25, -0.2) is 0 Å². The van der Waals surface area contributed by atoms with Crippen LogP contribution >= 0.6 is 0 Å². The third-order valence-electron chi connectivity index (χ3n) is 4.51. The summed E-state index contributed by atoms with van der Waals surface area (Å²) >= 11 is 0. The van der Waals surface area contributed by atoms with Crippen molar-refractivity contribution in [1.29, 1.82) is 0 Å². The van der Waals surface area contributed by atoms with Crippen LogP contribution in [0.2, 0.25) is 0 Å². The molecule has 0 aromatic heterocycles. The molecule has 0 fully saturated rings. The second-order valence-electron chi connectivity index (χ2n) is 6.75. The smallest absolute Gasteiger partial charge is 0.497 e. The van der Waals surface area contributed by atoms with Crippen molar-refractivity contribution in [3.8, 4) is 11.5 Å². The number of hydrogen-bond acceptors (Lipinski definition) is 4. The van der Waals surface area contributed by atoms with Gasteiger partial charge in [-0.2, -0.15) is 0 Å². The quantitative estimate of drug-likeness (QED) is 0.684. The van der Waals surface area contributed by atoms with E-state index in [1.54, 1.807) is 13.2 Å². The molecule has 0 aliphatic rings. The highest BCUT2D eigenvalue weighted by Crippen LogP contribution is 2.26. The van der Waals surface area contributed by atoms with Gasteiger partial charge in [0.25, 0.3) is 0 Å². The van der Waals surface area contributed by atoms with Gasteiger partial charge in [0, 0.05) is 18.2 Å². The predicted molar refractivity (Wildman–Crippen MR) is 104 cm³/mol. The molecule has 0 aliphatic heterocycles. The average molecular weight is 410 g/mol. The van der Waals surface area contributed by atoms with Gasteiger partial charge in [0.15, 0.2) is 0 Å². The van der Waals surface area contributed by atoms with Crippen molar-refractivity contribution in [3.05, 3.63) is 59.7 Å². The fourth-order valence-electron chi connectivity index (χ4n) is 2.76. The minimum absolute atomic E-state index is 0.0498. The summed E-state index contributed by atoms with van der Waals surface area (Å²) in [5, 5.41) is 2.65. The van der Waals surface area contributed by atoms with Crippen molar-refractivity contribution in [3.63, 3.8) is 0 Å². The summed E-state index contributed by atoms with van der Waals surface area (Å²) < 4.78 is 46.6. The Hall–Kier alpha value is -2.74. The largest absolute Gasteiger partial charge is 0.573 e. The molecule has 0 aliphatic carbocycles. The highest BCUT2D eigenvalue weighted by molar-refractivity contribution is 5.78. The maximum atomic E-state index is 12.5. The summed E-state index contributed by atoms with van der Waals surface area (Å²) in [5.41, 5.74) is 1.37. The van der Waals surface area contributed by atoms with Crippen molar-refractivity contribution >= 4 is 5.91 Å². The topological polar surface area (TPSA) is 50.8 Å². The number of para-hydroxylation sites is 1. The Kier molecular flexibility index (Phi) is 7.90. The molecule has 0 spiro atoms. The molecule has 158 valence electrons. The standard InChI is InChI=1S/C21H25F3N2O3/c1-15(12-16-8-10-18(28-3)11-9-16)26(2)14-20(27)25-13-17-6-4-5-7-19(17)29-21(22,23)24/h4-11,15H,12-14H2,1-3H3,(H,25,27). The van der Waals surface area contributed by atoms with E-state index in [1.165, 1.54) is 18.2 Å². The van der Waals surface area contributed by atoms with Crippen LogP contribution in [0.1, 0.15) is 18.1 Å². The van der Waals surface area contributed by atoms with Gasteiger partial charge in [-0.1, -0.05) is 30.3 Å². The van der Waals surface area contributed by atoms with Crippen LogP contribution in [-0.2, 0) is 17.8 Å². The summed E-state index contributed by atoms with van der Waals surface area (Å²) in [6.45, 7) is 2.08. The lowest BCUT2D eigenvalue weighted by atomic mass is 10.1. The molecule has 29 heavy (non-hydrogen) atoms. The summed E-state index contributed by atoms with van der Waals surface area (Å²) in [7, 11) is 3.44. The zero-order valence-corrected chi connectivity index (χ0v) is 16.6. The van der Waals surface area contributed by atoms with E-state index in [-0.39, 0.29) is 36.4 Å². The average Bonchev–Trinajstić information content (AvgIpc) is 2.66. The van der Waals surface area contributed by atoms with Crippen molar-refractivity contribution < 1.29 is 27.4 Å². The van der Waals surface area contributed by atoms with Crippen molar-refractivity contribution in [2.24, 2.45) is 0 Å². The molecule has 1 unspecified atom stereocenters. The number of alkyl halides is 3. The van der Waals surface area contributed by atoms with E-state index in [0.717, 1.165) is 17.7 Å². The fourth-order valence-corrected chi connectivity index (χ4v) is 2.76. The summed E-state index contributed by atoms with van der Waals surface area (Å²) in [5.74, 6) is 0.182. The lowest BCUT2D eigenvalue weighted by molar-refractivity contribution is -0.274. The number of halogens is 3. The number of methoxy groups -OCH3 is 1. The van der Waals surface area contributed by atoms with E-state index < -0.39 is 6.36 Å². The van der Waals surface area contributed by atoms with Crippen LogP contribution in [0.5, 0.6) is 11.5 Å². The molecule has 0 radical (unpaired) electrons. The van der Waals surface area contributed by atoms with E-state index in [4.69, 9.17) is 4.74 Å². The predicted octanol–water partition coefficient (Wildman–Crippen LogP) is 3.77. The number of carbonyl (C=O) groups excluding carboxylic acids is 1. The van der Waals surface area contributed by atoms with Gasteiger partial charge in [0.05, 0.1) is 13.7 Å². The Morgan fingerprint density at radius 3 is 2.41 bits per heavy atom. The molecular formula is C21H25F3N2O3. The highest BCUT2D eigenvalue weighted by Gasteiger charge is 2.32. The molecule has 1 atom stereocenters. The van der Waals surface area contributed by atoms with Gasteiger partial charge in [-0.15, -0.1) is 13.2 Å². The first kappa shape index (κ1) is 22.5. The van der Waals surface area contributed by atoms with Gasteiger partial charge in [-0.3, -0.25) is 9.69 Å². The zero-order valence-electron chi connectivity index (χ0n) is 16.6. The number of nitrogens with zero attached hydrogens (tertiary/aromatic N) is 1. The maximum absolute atomic E-state index is 12.5. The lowest BCUT2D eigenvalue weighted by Gasteiger charge is -2.24. The van der Waals surface area contributed by atoms with Crippen LogP contribution in [0, 0.1) is 0 Å². The van der Waals surface area contributed by atoms with Crippen LogP contribution in [0.15, 0.2) is 48.5 Å². The van der Waals surface area contributed by atoms with Crippen LogP contribution in [0.25, 0.3) is 0 Å². The number of amides is 1. The van der Waals surface area contributed by atoms with Crippen molar-refractivity contribution in [2.75, 3.05) is 20.7 Å². The normalized spacial score (nSPS) is 12.5. The second kappa shape index (κ2) is 10.2.